The molecule has 0 aliphatic carbocycles. The van der Waals surface area contributed by atoms with Gasteiger partial charge in [0.05, 0.1) is 0 Å². The van der Waals surface area contributed by atoms with E-state index in [0.717, 1.165) is 32.3 Å². The third-order valence-electron chi connectivity index (χ3n) is 5.72. The van der Waals surface area contributed by atoms with Crippen molar-refractivity contribution in [3.8, 4) is 17.2 Å². The van der Waals surface area contributed by atoms with Crippen LogP contribution in [0.1, 0.15) is 0 Å². The Labute approximate surface area is 173 Å². The molecule has 0 aromatic heterocycles. The first-order chi connectivity index (χ1) is 14.7. The van der Waals surface area contributed by atoms with Gasteiger partial charge in [0.25, 0.3) is 0 Å². The van der Waals surface area contributed by atoms with Crippen LogP contribution in [0, 0.1) is 0 Å². The van der Waals surface area contributed by atoms with Crippen LogP contribution in [0.3, 0.4) is 0 Å². The second-order valence-corrected chi connectivity index (χ2v) is 7.64. The Hall–Kier alpha value is -4.04. The molecule has 0 amide bonds. The Kier molecular flexibility index (Phi) is 3.65. The lowest BCUT2D eigenvalue weighted by Gasteiger charge is -2.12. The maximum absolute atomic E-state index is 10.9. The summed E-state index contributed by atoms with van der Waals surface area (Å²) in [7, 11) is 0. The van der Waals surface area contributed by atoms with Crippen LogP contribution in [0.25, 0.3) is 43.1 Å². The molecule has 142 valence electrons. The second kappa shape index (κ2) is 6.50. The van der Waals surface area contributed by atoms with Crippen molar-refractivity contribution in [1.29, 1.82) is 0 Å². The van der Waals surface area contributed by atoms with Crippen LogP contribution in [0.4, 0.5) is 0 Å². The Bertz CT molecular complexity index is 1580. The number of hydrogen-bond acceptors (Lipinski definition) is 2. The molecule has 1 N–H and O–H groups in total. The first-order valence-corrected chi connectivity index (χ1v) is 9.99. The Morgan fingerprint density at radius 1 is 0.467 bits per heavy atom. The monoisotopic (exact) mass is 386 g/mol. The molecule has 0 saturated carbocycles. The van der Waals surface area contributed by atoms with Crippen molar-refractivity contribution in [3.63, 3.8) is 0 Å². The maximum atomic E-state index is 10.9. The molecular formula is C28H18O2. The molecule has 6 rings (SSSR count). The quantitative estimate of drug-likeness (QED) is 0.308. The molecule has 0 unspecified atom stereocenters. The fraction of sp³-hybridized carbons (Fsp3) is 0. The van der Waals surface area contributed by atoms with Crippen molar-refractivity contribution in [2.75, 3.05) is 0 Å². The van der Waals surface area contributed by atoms with E-state index in [1.165, 1.54) is 10.8 Å². The molecule has 0 atom stereocenters. The zero-order valence-corrected chi connectivity index (χ0v) is 16.2. The van der Waals surface area contributed by atoms with E-state index >= 15 is 0 Å². The summed E-state index contributed by atoms with van der Waals surface area (Å²) >= 11 is 0. The van der Waals surface area contributed by atoms with Gasteiger partial charge in [0.1, 0.15) is 5.75 Å². The predicted molar refractivity (Wildman–Crippen MR) is 125 cm³/mol. The molecule has 0 bridgehead atoms. The first kappa shape index (κ1) is 16.9. The number of aromatic hydroxyl groups is 1. The molecule has 0 spiro atoms. The van der Waals surface area contributed by atoms with Crippen LogP contribution in [-0.4, -0.2) is 5.11 Å². The van der Waals surface area contributed by atoms with Gasteiger partial charge in [0, 0.05) is 5.39 Å². The number of rotatable bonds is 2. The molecule has 0 aliphatic rings. The number of phenolic OH excluding ortho intramolecular Hbond substituents is 1. The lowest BCUT2D eigenvalue weighted by molar-refractivity contribution is 0.416. The first-order valence-electron chi connectivity index (χ1n) is 9.99. The third-order valence-corrected chi connectivity index (χ3v) is 5.72. The number of benzene rings is 6. The van der Waals surface area contributed by atoms with Crippen molar-refractivity contribution in [3.05, 3.63) is 103 Å². The van der Waals surface area contributed by atoms with Gasteiger partial charge in [-0.15, -0.1) is 0 Å². The molecule has 6 aromatic carbocycles. The molecule has 2 nitrogen and oxygen atoms in total. The van der Waals surface area contributed by atoms with Crippen LogP contribution in [0.15, 0.2) is 103 Å². The normalized spacial score (nSPS) is 11.5. The molecule has 30 heavy (non-hydrogen) atoms. The average molecular weight is 386 g/mol. The van der Waals surface area contributed by atoms with Gasteiger partial charge in [-0.05, 0) is 80.2 Å². The molecule has 0 saturated heterocycles. The van der Waals surface area contributed by atoms with E-state index in [4.69, 9.17) is 4.74 Å². The number of phenols is 1. The largest absolute Gasteiger partial charge is 0.504 e. The van der Waals surface area contributed by atoms with Gasteiger partial charge < -0.3 is 9.84 Å². The predicted octanol–water partition coefficient (Wildman–Crippen LogP) is 7.80. The minimum Gasteiger partial charge on any atom is -0.504 e. The Morgan fingerprint density at radius 2 is 1.00 bits per heavy atom. The van der Waals surface area contributed by atoms with E-state index in [9.17, 15) is 5.11 Å². The summed E-state index contributed by atoms with van der Waals surface area (Å²) in [6, 6.07) is 34.8. The van der Waals surface area contributed by atoms with Crippen LogP contribution in [-0.2, 0) is 0 Å². The molecule has 2 heteroatoms. The summed E-state index contributed by atoms with van der Waals surface area (Å²) in [6.07, 6.45) is 0. The van der Waals surface area contributed by atoms with Crippen molar-refractivity contribution in [2.45, 2.75) is 0 Å². The van der Waals surface area contributed by atoms with Gasteiger partial charge in [-0.2, -0.15) is 0 Å². The fourth-order valence-corrected chi connectivity index (χ4v) is 4.17. The second-order valence-electron chi connectivity index (χ2n) is 7.64. The van der Waals surface area contributed by atoms with Crippen LogP contribution in [0.2, 0.25) is 0 Å². The van der Waals surface area contributed by atoms with Crippen molar-refractivity contribution < 1.29 is 9.84 Å². The van der Waals surface area contributed by atoms with E-state index < -0.39 is 0 Å². The van der Waals surface area contributed by atoms with E-state index in [2.05, 4.69) is 54.6 Å². The highest BCUT2D eigenvalue weighted by Gasteiger charge is 2.10. The van der Waals surface area contributed by atoms with Gasteiger partial charge in [-0.3, -0.25) is 0 Å². The summed E-state index contributed by atoms with van der Waals surface area (Å²) in [4.78, 5) is 0. The van der Waals surface area contributed by atoms with Crippen molar-refractivity contribution in [1.82, 2.24) is 0 Å². The highest BCUT2D eigenvalue weighted by molar-refractivity contribution is 6.02. The number of hydrogen-bond donors (Lipinski definition) is 1. The fourth-order valence-electron chi connectivity index (χ4n) is 4.17. The molecule has 0 heterocycles. The minimum atomic E-state index is 0.164. The van der Waals surface area contributed by atoms with E-state index in [-0.39, 0.29) is 5.75 Å². The smallest absolute Gasteiger partial charge is 0.169 e. The highest BCUT2D eigenvalue weighted by Crippen LogP contribution is 2.39. The van der Waals surface area contributed by atoms with Crippen molar-refractivity contribution in [2.24, 2.45) is 0 Å². The zero-order valence-electron chi connectivity index (χ0n) is 16.2. The molecule has 0 fully saturated rings. The Balaban J connectivity index is 1.44. The lowest BCUT2D eigenvalue weighted by atomic mass is 10.0. The summed E-state index contributed by atoms with van der Waals surface area (Å²) in [6.45, 7) is 0. The minimum absolute atomic E-state index is 0.164. The third kappa shape index (κ3) is 2.73. The van der Waals surface area contributed by atoms with E-state index in [1.54, 1.807) is 0 Å². The van der Waals surface area contributed by atoms with Crippen molar-refractivity contribution >= 4 is 43.1 Å². The van der Waals surface area contributed by atoms with Gasteiger partial charge >= 0.3 is 0 Å². The zero-order chi connectivity index (χ0) is 20.1. The Morgan fingerprint density at radius 3 is 1.70 bits per heavy atom. The average Bonchev–Trinajstić information content (AvgIpc) is 2.78. The molecule has 0 aliphatic heterocycles. The van der Waals surface area contributed by atoms with Gasteiger partial charge in [-0.25, -0.2) is 0 Å². The van der Waals surface area contributed by atoms with Gasteiger partial charge in [-0.1, -0.05) is 60.7 Å². The molecule has 0 radical (unpaired) electrons. The summed E-state index contributed by atoms with van der Waals surface area (Å²) in [5.41, 5.74) is 0. The topological polar surface area (TPSA) is 29.5 Å². The maximum Gasteiger partial charge on any atom is 0.169 e. The SMILES string of the molecule is Oc1c(Oc2ccc3cc4ccccc4cc3c2)ccc2cc3ccccc3cc12. The standard InChI is InChI=1S/C28H18O2/c29-28-26-17-21-8-4-3-6-19(21)14-23(26)10-12-27(28)30-25-11-9-22-13-18-5-1-2-7-20(18)15-24(22)16-25/h1-17,29H. The van der Waals surface area contributed by atoms with Gasteiger partial charge in [0.15, 0.2) is 11.5 Å². The van der Waals surface area contributed by atoms with Crippen LogP contribution in [0.5, 0.6) is 17.2 Å². The highest BCUT2D eigenvalue weighted by atomic mass is 16.5. The van der Waals surface area contributed by atoms with Crippen LogP contribution >= 0.6 is 0 Å². The summed E-state index contributed by atoms with van der Waals surface area (Å²) < 4.78 is 6.10. The van der Waals surface area contributed by atoms with E-state index in [1.807, 2.05) is 48.5 Å². The van der Waals surface area contributed by atoms with Crippen LogP contribution < -0.4 is 4.74 Å². The summed E-state index contributed by atoms with van der Waals surface area (Å²) in [5, 5.41) is 19.6. The number of fused-ring (bicyclic) bond motifs is 4. The van der Waals surface area contributed by atoms with E-state index in [0.29, 0.717) is 11.5 Å². The molecular weight excluding hydrogens is 368 g/mol. The van der Waals surface area contributed by atoms with Gasteiger partial charge in [0.2, 0.25) is 0 Å². The molecule has 6 aromatic rings. The summed E-state index contributed by atoms with van der Waals surface area (Å²) in [5.74, 6) is 1.32. The number of ether oxygens (including phenoxy) is 1. The lowest BCUT2D eigenvalue weighted by Crippen LogP contribution is -1.87.